The Morgan fingerprint density at radius 3 is 2.26 bits per heavy atom. The van der Waals surface area contributed by atoms with Gasteiger partial charge in [-0.3, -0.25) is 9.59 Å². The lowest BCUT2D eigenvalue weighted by Crippen LogP contribution is -2.23. The smallest absolute Gasteiger partial charge is 0.220 e. The van der Waals surface area contributed by atoms with Crippen LogP contribution in [0.15, 0.2) is 24.8 Å². The number of carbonyl (C=O) groups excluding carboxylic acids is 2. The monoisotopic (exact) mass is 259 g/mol. The van der Waals surface area contributed by atoms with E-state index in [-0.39, 0.29) is 24.5 Å². The van der Waals surface area contributed by atoms with Gasteiger partial charge >= 0.3 is 0 Å². The minimum Gasteiger partial charge on any atom is -0.353 e. The molecule has 1 aromatic rings. The molecule has 0 aliphatic rings. The molecule has 0 atom stereocenters. The standard InChI is InChI=1S/C16H21NO2/c1-5-8-17-15(19)7-6-14(18)16-12(3)9-11(2)10-13(16)4/h5,9-10H,1,6-8H2,2-4H3,(H,17,19). The summed E-state index contributed by atoms with van der Waals surface area (Å²) in [6.45, 7) is 9.85. The number of Topliss-reactive ketones (excluding diaryl/α,β-unsaturated/α-hetero) is 1. The zero-order chi connectivity index (χ0) is 14.4. The number of hydrogen-bond acceptors (Lipinski definition) is 2. The van der Waals surface area contributed by atoms with Crippen molar-refractivity contribution in [3.63, 3.8) is 0 Å². The summed E-state index contributed by atoms with van der Waals surface area (Å²) in [6, 6.07) is 4.00. The van der Waals surface area contributed by atoms with E-state index in [0.29, 0.717) is 6.54 Å². The number of nitrogens with one attached hydrogen (secondary N) is 1. The van der Waals surface area contributed by atoms with E-state index >= 15 is 0 Å². The molecule has 0 aliphatic heterocycles. The number of amides is 1. The first-order valence-corrected chi connectivity index (χ1v) is 6.44. The molecular formula is C16H21NO2. The minimum atomic E-state index is -0.115. The second-order valence-electron chi connectivity index (χ2n) is 4.79. The Balaban J connectivity index is 2.69. The molecule has 0 aromatic heterocycles. The third-order valence-corrected chi connectivity index (χ3v) is 2.98. The predicted octanol–water partition coefficient (Wildman–Crippen LogP) is 2.88. The van der Waals surface area contributed by atoms with Gasteiger partial charge in [-0.1, -0.05) is 23.8 Å². The van der Waals surface area contributed by atoms with Crippen molar-refractivity contribution in [1.82, 2.24) is 5.32 Å². The summed E-state index contributed by atoms with van der Waals surface area (Å²) in [4.78, 5) is 23.6. The lowest BCUT2D eigenvalue weighted by Gasteiger charge is -2.10. The average molecular weight is 259 g/mol. The summed E-state index contributed by atoms with van der Waals surface area (Å²) in [5.74, 6) is -0.0839. The molecule has 19 heavy (non-hydrogen) atoms. The highest BCUT2D eigenvalue weighted by Crippen LogP contribution is 2.18. The van der Waals surface area contributed by atoms with Crippen molar-refractivity contribution in [2.75, 3.05) is 6.54 Å². The minimum absolute atomic E-state index is 0.0313. The van der Waals surface area contributed by atoms with Crippen LogP contribution < -0.4 is 5.32 Å². The normalized spacial score (nSPS) is 10.1. The topological polar surface area (TPSA) is 46.2 Å². The fourth-order valence-electron chi connectivity index (χ4n) is 2.25. The lowest BCUT2D eigenvalue weighted by atomic mass is 9.94. The highest BCUT2D eigenvalue weighted by atomic mass is 16.2. The first-order chi connectivity index (χ1) is 8.95. The number of ketones is 1. The fourth-order valence-corrected chi connectivity index (χ4v) is 2.25. The van der Waals surface area contributed by atoms with Gasteiger partial charge in [0, 0.05) is 24.9 Å². The molecule has 0 bridgehead atoms. The van der Waals surface area contributed by atoms with Gasteiger partial charge < -0.3 is 5.32 Å². The van der Waals surface area contributed by atoms with Crippen molar-refractivity contribution in [2.45, 2.75) is 33.6 Å². The van der Waals surface area contributed by atoms with Gasteiger partial charge in [0.15, 0.2) is 5.78 Å². The maximum atomic E-state index is 12.2. The van der Waals surface area contributed by atoms with Crippen LogP contribution in [0.3, 0.4) is 0 Å². The van der Waals surface area contributed by atoms with Crippen LogP contribution in [0.1, 0.15) is 39.9 Å². The predicted molar refractivity (Wildman–Crippen MR) is 77.4 cm³/mol. The van der Waals surface area contributed by atoms with Gasteiger partial charge in [-0.25, -0.2) is 0 Å². The molecule has 0 aliphatic carbocycles. The quantitative estimate of drug-likeness (QED) is 0.630. The molecule has 3 heteroatoms. The molecule has 0 heterocycles. The second kappa shape index (κ2) is 6.88. The van der Waals surface area contributed by atoms with E-state index in [1.54, 1.807) is 6.08 Å². The molecule has 0 saturated carbocycles. The molecule has 0 radical (unpaired) electrons. The Morgan fingerprint density at radius 2 is 1.74 bits per heavy atom. The largest absolute Gasteiger partial charge is 0.353 e. The summed E-state index contributed by atoms with van der Waals surface area (Å²) >= 11 is 0. The molecular weight excluding hydrogens is 238 g/mol. The Kier molecular flexibility index (Phi) is 5.49. The molecule has 1 aromatic carbocycles. The van der Waals surface area contributed by atoms with Crippen molar-refractivity contribution in [3.8, 4) is 0 Å². The van der Waals surface area contributed by atoms with E-state index in [1.165, 1.54) is 0 Å². The fraction of sp³-hybridized carbons (Fsp3) is 0.375. The number of benzene rings is 1. The summed E-state index contributed by atoms with van der Waals surface area (Å²) in [6.07, 6.45) is 2.08. The number of hydrogen-bond donors (Lipinski definition) is 1. The van der Waals surface area contributed by atoms with Crippen LogP contribution in [0.2, 0.25) is 0 Å². The van der Waals surface area contributed by atoms with E-state index in [9.17, 15) is 9.59 Å². The third-order valence-electron chi connectivity index (χ3n) is 2.98. The zero-order valence-electron chi connectivity index (χ0n) is 11.9. The maximum Gasteiger partial charge on any atom is 0.220 e. The second-order valence-corrected chi connectivity index (χ2v) is 4.79. The van der Waals surface area contributed by atoms with Crippen molar-refractivity contribution >= 4 is 11.7 Å². The van der Waals surface area contributed by atoms with Gasteiger partial charge in [0.25, 0.3) is 0 Å². The SMILES string of the molecule is C=CCNC(=O)CCC(=O)c1c(C)cc(C)cc1C. The maximum absolute atomic E-state index is 12.2. The van der Waals surface area contributed by atoms with Crippen molar-refractivity contribution in [2.24, 2.45) is 0 Å². The first-order valence-electron chi connectivity index (χ1n) is 6.44. The summed E-state index contributed by atoms with van der Waals surface area (Å²) in [7, 11) is 0. The van der Waals surface area contributed by atoms with Crippen LogP contribution >= 0.6 is 0 Å². The van der Waals surface area contributed by atoms with Crippen molar-refractivity contribution < 1.29 is 9.59 Å². The van der Waals surface area contributed by atoms with Crippen LogP contribution in [-0.2, 0) is 4.79 Å². The molecule has 0 unspecified atom stereocenters. The van der Waals surface area contributed by atoms with Crippen LogP contribution in [-0.4, -0.2) is 18.2 Å². The van der Waals surface area contributed by atoms with E-state index in [0.717, 1.165) is 22.3 Å². The average Bonchev–Trinajstić information content (AvgIpc) is 2.32. The van der Waals surface area contributed by atoms with Crippen LogP contribution in [0, 0.1) is 20.8 Å². The van der Waals surface area contributed by atoms with E-state index in [2.05, 4.69) is 11.9 Å². The molecule has 3 nitrogen and oxygen atoms in total. The highest BCUT2D eigenvalue weighted by Gasteiger charge is 2.14. The van der Waals surface area contributed by atoms with Gasteiger partial charge in [-0.2, -0.15) is 0 Å². The Bertz CT molecular complexity index is 480. The first kappa shape index (κ1) is 15.2. The van der Waals surface area contributed by atoms with E-state index in [4.69, 9.17) is 0 Å². The molecule has 1 N–H and O–H groups in total. The van der Waals surface area contributed by atoms with Gasteiger partial charge in [0.2, 0.25) is 5.91 Å². The third kappa shape index (κ3) is 4.36. The van der Waals surface area contributed by atoms with Crippen LogP contribution in [0.4, 0.5) is 0 Å². The molecule has 0 saturated heterocycles. The Hall–Kier alpha value is -1.90. The van der Waals surface area contributed by atoms with Gasteiger partial charge in [-0.05, 0) is 31.9 Å². The molecule has 102 valence electrons. The molecule has 0 fully saturated rings. The highest BCUT2D eigenvalue weighted by molar-refractivity contribution is 6.00. The summed E-state index contributed by atoms with van der Waals surface area (Å²) in [5.41, 5.74) is 3.86. The van der Waals surface area contributed by atoms with Gasteiger partial charge in [0.1, 0.15) is 0 Å². The molecule has 1 amide bonds. The zero-order valence-corrected chi connectivity index (χ0v) is 11.9. The van der Waals surface area contributed by atoms with Crippen molar-refractivity contribution in [3.05, 3.63) is 47.0 Å². The number of aryl methyl sites for hydroxylation is 3. The van der Waals surface area contributed by atoms with Gasteiger partial charge in [0.05, 0.1) is 0 Å². The Labute approximate surface area is 114 Å². The van der Waals surface area contributed by atoms with Gasteiger partial charge in [-0.15, -0.1) is 6.58 Å². The summed E-state index contributed by atoms with van der Waals surface area (Å²) < 4.78 is 0. The van der Waals surface area contributed by atoms with E-state index in [1.807, 2.05) is 32.9 Å². The number of rotatable bonds is 6. The molecule has 1 rings (SSSR count). The Morgan fingerprint density at radius 1 is 1.16 bits per heavy atom. The summed E-state index contributed by atoms with van der Waals surface area (Å²) in [5, 5.41) is 2.67. The molecule has 0 spiro atoms. The van der Waals surface area contributed by atoms with E-state index < -0.39 is 0 Å². The van der Waals surface area contributed by atoms with Crippen LogP contribution in [0.5, 0.6) is 0 Å². The van der Waals surface area contributed by atoms with Crippen molar-refractivity contribution in [1.29, 1.82) is 0 Å². The lowest BCUT2D eigenvalue weighted by molar-refractivity contribution is -0.120. The number of carbonyl (C=O) groups is 2. The van der Waals surface area contributed by atoms with Crippen LogP contribution in [0.25, 0.3) is 0 Å².